The van der Waals surface area contributed by atoms with E-state index in [-0.39, 0.29) is 5.92 Å². The second-order valence-electron chi connectivity index (χ2n) is 8.18. The summed E-state index contributed by atoms with van der Waals surface area (Å²) in [4.78, 5) is 30.8. The van der Waals surface area contributed by atoms with Gasteiger partial charge in [0.05, 0.1) is 13.2 Å². The zero-order chi connectivity index (χ0) is 19.3. The molecular formula is C22H31N3O3. The van der Waals surface area contributed by atoms with Gasteiger partial charge in [-0.3, -0.25) is 14.5 Å². The van der Waals surface area contributed by atoms with Crippen LogP contribution in [0, 0.1) is 5.92 Å². The number of aldehydes is 1. The van der Waals surface area contributed by atoms with Crippen molar-refractivity contribution in [2.75, 3.05) is 57.4 Å². The third-order valence-electron chi connectivity index (χ3n) is 6.58. The molecule has 3 fully saturated rings. The minimum atomic E-state index is 0.158. The topological polar surface area (TPSA) is 53.1 Å². The van der Waals surface area contributed by atoms with Gasteiger partial charge in [0, 0.05) is 62.5 Å². The highest BCUT2D eigenvalue weighted by atomic mass is 16.5. The summed E-state index contributed by atoms with van der Waals surface area (Å²) in [6.07, 6.45) is 4.88. The molecule has 6 nitrogen and oxygen atoms in total. The lowest BCUT2D eigenvalue weighted by molar-refractivity contribution is -0.138. The Hall–Kier alpha value is -1.92. The number of benzene rings is 1. The number of anilines is 1. The minimum Gasteiger partial charge on any atom is -0.379 e. The number of hydrogen-bond donors (Lipinski definition) is 0. The maximum absolute atomic E-state index is 13.0. The van der Waals surface area contributed by atoms with Gasteiger partial charge in [-0.25, -0.2) is 0 Å². The number of morpholine rings is 1. The van der Waals surface area contributed by atoms with Crippen LogP contribution in [-0.2, 0) is 9.53 Å². The second-order valence-corrected chi connectivity index (χ2v) is 8.18. The predicted molar refractivity (Wildman–Crippen MR) is 109 cm³/mol. The molecule has 0 aliphatic carbocycles. The van der Waals surface area contributed by atoms with Crippen molar-refractivity contribution in [3.63, 3.8) is 0 Å². The number of nitrogens with zero attached hydrogens (tertiary/aromatic N) is 3. The summed E-state index contributed by atoms with van der Waals surface area (Å²) in [5.41, 5.74) is 1.84. The van der Waals surface area contributed by atoms with E-state index in [4.69, 9.17) is 4.74 Å². The van der Waals surface area contributed by atoms with Crippen molar-refractivity contribution >= 4 is 17.9 Å². The molecule has 3 aliphatic heterocycles. The first kappa shape index (κ1) is 19.4. The van der Waals surface area contributed by atoms with Gasteiger partial charge in [0.15, 0.2) is 0 Å². The summed E-state index contributed by atoms with van der Waals surface area (Å²) in [5, 5.41) is 0. The molecule has 0 radical (unpaired) electrons. The fourth-order valence-corrected chi connectivity index (χ4v) is 4.80. The Labute approximate surface area is 167 Å². The van der Waals surface area contributed by atoms with Gasteiger partial charge >= 0.3 is 0 Å². The molecule has 0 saturated carbocycles. The number of ether oxygens (including phenoxy) is 1. The fourth-order valence-electron chi connectivity index (χ4n) is 4.80. The van der Waals surface area contributed by atoms with Crippen molar-refractivity contribution in [3.8, 4) is 0 Å². The molecule has 0 spiro atoms. The number of amides is 1. The van der Waals surface area contributed by atoms with Crippen molar-refractivity contribution in [1.29, 1.82) is 0 Å². The average molecular weight is 386 g/mol. The van der Waals surface area contributed by atoms with Crippen molar-refractivity contribution < 1.29 is 14.3 Å². The van der Waals surface area contributed by atoms with Crippen LogP contribution in [0.15, 0.2) is 24.3 Å². The lowest BCUT2D eigenvalue weighted by atomic mass is 9.93. The summed E-state index contributed by atoms with van der Waals surface area (Å²) in [6.45, 7) is 7.35. The molecule has 28 heavy (non-hydrogen) atoms. The van der Waals surface area contributed by atoms with Gasteiger partial charge in [-0.05, 0) is 49.9 Å². The quantitative estimate of drug-likeness (QED) is 0.743. The number of likely N-dealkylation sites (tertiary alicyclic amines) is 1. The Morgan fingerprint density at radius 1 is 0.893 bits per heavy atom. The SMILES string of the molecule is O=Cc1ccc(N2CCC(C(=O)N3CCC(N4CCOCC4)CC3)CC2)cc1. The van der Waals surface area contributed by atoms with Crippen LogP contribution in [0.5, 0.6) is 0 Å². The van der Waals surface area contributed by atoms with E-state index in [1.807, 2.05) is 24.3 Å². The van der Waals surface area contributed by atoms with Crippen LogP contribution in [-0.4, -0.2) is 80.5 Å². The molecule has 3 heterocycles. The van der Waals surface area contributed by atoms with Gasteiger partial charge in [0.25, 0.3) is 0 Å². The molecular weight excluding hydrogens is 354 g/mol. The Morgan fingerprint density at radius 3 is 2.14 bits per heavy atom. The van der Waals surface area contributed by atoms with Crippen molar-refractivity contribution in [3.05, 3.63) is 29.8 Å². The maximum atomic E-state index is 13.0. The lowest BCUT2D eigenvalue weighted by Gasteiger charge is -2.41. The molecule has 1 amide bonds. The molecule has 0 unspecified atom stereocenters. The highest BCUT2D eigenvalue weighted by Gasteiger charge is 2.32. The maximum Gasteiger partial charge on any atom is 0.225 e. The highest BCUT2D eigenvalue weighted by Crippen LogP contribution is 2.26. The second kappa shape index (κ2) is 9.05. The van der Waals surface area contributed by atoms with Gasteiger partial charge < -0.3 is 14.5 Å². The summed E-state index contributed by atoms with van der Waals surface area (Å²) in [5.74, 6) is 0.516. The third-order valence-corrected chi connectivity index (χ3v) is 6.58. The molecule has 3 saturated heterocycles. The largest absolute Gasteiger partial charge is 0.379 e. The monoisotopic (exact) mass is 385 g/mol. The normalized spacial score (nSPS) is 23.0. The molecule has 1 aromatic carbocycles. The molecule has 152 valence electrons. The van der Waals surface area contributed by atoms with Crippen LogP contribution < -0.4 is 4.90 Å². The first-order valence-electron chi connectivity index (χ1n) is 10.7. The van der Waals surface area contributed by atoms with E-state index in [2.05, 4.69) is 14.7 Å². The van der Waals surface area contributed by atoms with Crippen molar-refractivity contribution in [2.24, 2.45) is 5.92 Å². The van der Waals surface area contributed by atoms with E-state index in [0.717, 1.165) is 90.1 Å². The van der Waals surface area contributed by atoms with Crippen molar-refractivity contribution in [2.45, 2.75) is 31.7 Å². The number of hydrogen-bond acceptors (Lipinski definition) is 5. The molecule has 4 rings (SSSR count). The van der Waals surface area contributed by atoms with Crippen molar-refractivity contribution in [1.82, 2.24) is 9.80 Å². The molecule has 0 atom stereocenters. The number of carbonyl (C=O) groups is 2. The average Bonchev–Trinajstić information content (AvgIpc) is 2.79. The van der Waals surface area contributed by atoms with E-state index in [0.29, 0.717) is 17.5 Å². The van der Waals surface area contributed by atoms with Gasteiger partial charge in [-0.2, -0.15) is 0 Å². The van der Waals surface area contributed by atoms with E-state index in [1.54, 1.807) is 0 Å². The minimum absolute atomic E-state index is 0.158. The summed E-state index contributed by atoms with van der Waals surface area (Å²) >= 11 is 0. The smallest absolute Gasteiger partial charge is 0.225 e. The summed E-state index contributed by atoms with van der Waals surface area (Å²) in [7, 11) is 0. The Balaban J connectivity index is 1.24. The van der Waals surface area contributed by atoms with Gasteiger partial charge in [-0.15, -0.1) is 0 Å². The van der Waals surface area contributed by atoms with Gasteiger partial charge in [0.1, 0.15) is 6.29 Å². The van der Waals surface area contributed by atoms with E-state index in [9.17, 15) is 9.59 Å². The number of carbonyl (C=O) groups excluding carboxylic acids is 2. The Morgan fingerprint density at radius 2 is 1.54 bits per heavy atom. The molecule has 0 aromatic heterocycles. The van der Waals surface area contributed by atoms with Crippen LogP contribution in [0.3, 0.4) is 0 Å². The van der Waals surface area contributed by atoms with Crippen LogP contribution in [0.2, 0.25) is 0 Å². The first-order valence-corrected chi connectivity index (χ1v) is 10.7. The fraction of sp³-hybridized carbons (Fsp3) is 0.636. The third kappa shape index (κ3) is 4.39. The first-order chi connectivity index (χ1) is 13.7. The number of piperidine rings is 2. The molecule has 6 heteroatoms. The van der Waals surface area contributed by atoms with Crippen LogP contribution in [0.4, 0.5) is 5.69 Å². The highest BCUT2D eigenvalue weighted by molar-refractivity contribution is 5.79. The molecule has 0 bridgehead atoms. The zero-order valence-electron chi connectivity index (χ0n) is 16.6. The van der Waals surface area contributed by atoms with Gasteiger partial charge in [-0.1, -0.05) is 0 Å². The van der Waals surface area contributed by atoms with E-state index < -0.39 is 0 Å². The zero-order valence-corrected chi connectivity index (χ0v) is 16.6. The summed E-state index contributed by atoms with van der Waals surface area (Å²) in [6, 6.07) is 8.34. The van der Waals surface area contributed by atoms with E-state index >= 15 is 0 Å². The molecule has 0 N–H and O–H groups in total. The summed E-state index contributed by atoms with van der Waals surface area (Å²) < 4.78 is 5.46. The van der Waals surface area contributed by atoms with Gasteiger partial charge in [0.2, 0.25) is 5.91 Å². The lowest BCUT2D eigenvalue weighted by Crippen LogP contribution is -2.51. The molecule has 1 aromatic rings. The Kier molecular flexibility index (Phi) is 6.27. The predicted octanol–water partition coefficient (Wildman–Crippen LogP) is 2.04. The van der Waals surface area contributed by atoms with E-state index in [1.165, 1.54) is 0 Å². The molecule has 3 aliphatic rings. The van der Waals surface area contributed by atoms with Crippen LogP contribution in [0.25, 0.3) is 0 Å². The number of rotatable bonds is 4. The van der Waals surface area contributed by atoms with Crippen LogP contribution >= 0.6 is 0 Å². The standard InChI is InChI=1S/C22H31N3O3/c26-17-18-1-3-20(4-2-18)23-9-5-19(6-10-23)22(27)25-11-7-21(8-12-25)24-13-15-28-16-14-24/h1-4,17,19,21H,5-16H2. The van der Waals surface area contributed by atoms with Crippen LogP contribution in [0.1, 0.15) is 36.0 Å². The Bertz CT molecular complexity index is 656.